The summed E-state index contributed by atoms with van der Waals surface area (Å²) in [6.45, 7) is 2.69. The molecule has 0 aromatic heterocycles. The molecule has 0 N–H and O–H groups in total. The Labute approximate surface area is 101 Å². The van der Waals surface area contributed by atoms with Crippen LogP contribution in [-0.4, -0.2) is 23.5 Å². The molecule has 3 rings (SSSR count). The molecule has 0 radical (unpaired) electrons. The van der Waals surface area contributed by atoms with Gasteiger partial charge in [-0.3, -0.25) is 4.79 Å². The third-order valence-electron chi connectivity index (χ3n) is 3.79. The molecule has 0 bridgehead atoms. The van der Waals surface area contributed by atoms with Crippen LogP contribution in [0.1, 0.15) is 31.6 Å². The van der Waals surface area contributed by atoms with Crippen LogP contribution in [0.4, 0.5) is 0 Å². The van der Waals surface area contributed by atoms with Crippen molar-refractivity contribution in [3.63, 3.8) is 0 Å². The van der Waals surface area contributed by atoms with Crippen molar-refractivity contribution >= 4 is 5.91 Å². The maximum absolute atomic E-state index is 12.2. The predicted octanol–water partition coefficient (Wildman–Crippen LogP) is 2.34. The maximum Gasteiger partial charge on any atom is 0.228 e. The van der Waals surface area contributed by atoms with Crippen molar-refractivity contribution in [1.82, 2.24) is 4.90 Å². The summed E-state index contributed by atoms with van der Waals surface area (Å²) in [6, 6.07) is 10.3. The number of rotatable bonds is 1. The van der Waals surface area contributed by atoms with E-state index in [-0.39, 0.29) is 24.1 Å². The Morgan fingerprint density at radius 1 is 1.24 bits per heavy atom. The van der Waals surface area contributed by atoms with Crippen molar-refractivity contribution in [2.75, 3.05) is 6.61 Å². The number of hydrogen-bond acceptors (Lipinski definition) is 2. The largest absolute Gasteiger partial charge is 0.352 e. The van der Waals surface area contributed by atoms with E-state index < -0.39 is 0 Å². The van der Waals surface area contributed by atoms with Gasteiger partial charge in [-0.05, 0) is 12.8 Å². The number of ether oxygens (including phenoxy) is 1. The number of carbonyl (C=O) groups excluding carboxylic acids is 1. The van der Waals surface area contributed by atoms with Crippen LogP contribution in [0.5, 0.6) is 0 Å². The summed E-state index contributed by atoms with van der Waals surface area (Å²) in [5.41, 5.74) is 1.08. The lowest BCUT2D eigenvalue weighted by Crippen LogP contribution is -2.45. The fraction of sp³-hybridized carbons (Fsp3) is 0.500. The number of piperidine rings is 1. The van der Waals surface area contributed by atoms with E-state index in [1.807, 2.05) is 42.2 Å². The van der Waals surface area contributed by atoms with E-state index in [1.54, 1.807) is 0 Å². The smallest absolute Gasteiger partial charge is 0.228 e. The van der Waals surface area contributed by atoms with Gasteiger partial charge in [0.05, 0.1) is 12.6 Å². The highest BCUT2D eigenvalue weighted by Gasteiger charge is 2.43. The standard InChI is InChI=1S/C14H17NO2/c1-10-7-8-12-9-17-14(15(12)13(10)16)11-5-3-2-4-6-11/h2-6,10,12,14H,7-9H2,1H3/t10-,12-,14-/m1/s1. The Bertz CT molecular complexity index is 417. The third kappa shape index (κ3) is 1.75. The van der Waals surface area contributed by atoms with Gasteiger partial charge in [-0.1, -0.05) is 37.3 Å². The normalized spacial score (nSPS) is 32.6. The zero-order chi connectivity index (χ0) is 11.8. The summed E-state index contributed by atoms with van der Waals surface area (Å²) in [6.07, 6.45) is 1.89. The summed E-state index contributed by atoms with van der Waals surface area (Å²) >= 11 is 0. The fourth-order valence-electron chi connectivity index (χ4n) is 2.77. The second-order valence-electron chi connectivity index (χ2n) is 4.97. The zero-order valence-electron chi connectivity index (χ0n) is 10.0. The first-order chi connectivity index (χ1) is 8.27. The van der Waals surface area contributed by atoms with E-state index in [9.17, 15) is 4.79 Å². The maximum atomic E-state index is 12.2. The molecule has 2 aliphatic rings. The third-order valence-corrected chi connectivity index (χ3v) is 3.79. The van der Waals surface area contributed by atoms with Crippen LogP contribution in [0, 0.1) is 5.92 Å². The minimum absolute atomic E-state index is 0.138. The molecule has 0 aliphatic carbocycles. The number of carbonyl (C=O) groups is 1. The van der Waals surface area contributed by atoms with E-state index in [0.29, 0.717) is 6.61 Å². The minimum atomic E-state index is -0.170. The van der Waals surface area contributed by atoms with Gasteiger partial charge in [0.2, 0.25) is 5.91 Å². The summed E-state index contributed by atoms with van der Waals surface area (Å²) < 4.78 is 5.81. The monoisotopic (exact) mass is 231 g/mol. The Kier molecular flexibility index (Phi) is 2.63. The Hall–Kier alpha value is -1.35. The fourth-order valence-corrected chi connectivity index (χ4v) is 2.77. The first kappa shape index (κ1) is 10.8. The van der Waals surface area contributed by atoms with Crippen LogP contribution >= 0.6 is 0 Å². The molecule has 1 amide bonds. The van der Waals surface area contributed by atoms with Gasteiger partial charge in [0.15, 0.2) is 6.23 Å². The topological polar surface area (TPSA) is 29.5 Å². The zero-order valence-corrected chi connectivity index (χ0v) is 10.0. The molecule has 0 saturated carbocycles. The number of nitrogens with zero attached hydrogens (tertiary/aromatic N) is 1. The van der Waals surface area contributed by atoms with Crippen LogP contribution in [0.25, 0.3) is 0 Å². The average Bonchev–Trinajstić information content (AvgIpc) is 2.79. The predicted molar refractivity (Wildman–Crippen MR) is 64.2 cm³/mol. The van der Waals surface area contributed by atoms with Gasteiger partial charge in [0, 0.05) is 11.5 Å². The summed E-state index contributed by atoms with van der Waals surface area (Å²) in [4.78, 5) is 14.2. The average molecular weight is 231 g/mol. The van der Waals surface area contributed by atoms with E-state index in [4.69, 9.17) is 4.74 Å². The highest BCUT2D eigenvalue weighted by Crippen LogP contribution is 2.37. The Morgan fingerprint density at radius 3 is 2.76 bits per heavy atom. The number of benzene rings is 1. The molecule has 3 nitrogen and oxygen atoms in total. The first-order valence-electron chi connectivity index (χ1n) is 6.26. The van der Waals surface area contributed by atoms with E-state index in [0.717, 1.165) is 18.4 Å². The molecule has 2 fully saturated rings. The molecule has 3 atom stereocenters. The van der Waals surface area contributed by atoms with Gasteiger partial charge in [-0.2, -0.15) is 0 Å². The van der Waals surface area contributed by atoms with Crippen LogP contribution < -0.4 is 0 Å². The summed E-state index contributed by atoms with van der Waals surface area (Å²) in [5, 5.41) is 0. The van der Waals surface area contributed by atoms with Gasteiger partial charge in [0.25, 0.3) is 0 Å². The molecule has 1 aromatic rings. The quantitative estimate of drug-likeness (QED) is 0.742. The minimum Gasteiger partial charge on any atom is -0.352 e. The second-order valence-corrected chi connectivity index (χ2v) is 4.97. The first-order valence-corrected chi connectivity index (χ1v) is 6.26. The molecular formula is C14H17NO2. The van der Waals surface area contributed by atoms with Crippen molar-refractivity contribution in [3.05, 3.63) is 35.9 Å². The van der Waals surface area contributed by atoms with Gasteiger partial charge < -0.3 is 9.64 Å². The highest BCUT2D eigenvalue weighted by molar-refractivity contribution is 5.80. The Morgan fingerprint density at radius 2 is 2.00 bits per heavy atom. The van der Waals surface area contributed by atoms with E-state index in [1.165, 1.54) is 0 Å². The van der Waals surface area contributed by atoms with Crippen molar-refractivity contribution in [2.24, 2.45) is 5.92 Å². The van der Waals surface area contributed by atoms with Gasteiger partial charge >= 0.3 is 0 Å². The highest BCUT2D eigenvalue weighted by atomic mass is 16.5. The van der Waals surface area contributed by atoms with Crippen molar-refractivity contribution in [3.8, 4) is 0 Å². The summed E-state index contributed by atoms with van der Waals surface area (Å²) in [5.74, 6) is 0.381. The molecule has 2 saturated heterocycles. The molecule has 0 unspecified atom stereocenters. The molecule has 17 heavy (non-hydrogen) atoms. The number of hydrogen-bond donors (Lipinski definition) is 0. The van der Waals surface area contributed by atoms with Crippen molar-refractivity contribution < 1.29 is 9.53 Å². The van der Waals surface area contributed by atoms with Crippen molar-refractivity contribution in [1.29, 1.82) is 0 Å². The van der Waals surface area contributed by atoms with Gasteiger partial charge in [0.1, 0.15) is 0 Å². The molecule has 2 aliphatic heterocycles. The van der Waals surface area contributed by atoms with E-state index in [2.05, 4.69) is 0 Å². The van der Waals surface area contributed by atoms with E-state index >= 15 is 0 Å². The molecule has 3 heteroatoms. The SMILES string of the molecule is C[C@@H]1CC[C@@H]2CO[C@H](c3ccccc3)N2C1=O. The van der Waals surface area contributed by atoms with Crippen LogP contribution in [0.3, 0.4) is 0 Å². The van der Waals surface area contributed by atoms with Crippen LogP contribution in [-0.2, 0) is 9.53 Å². The molecule has 1 aromatic carbocycles. The molecule has 90 valence electrons. The lowest BCUT2D eigenvalue weighted by atomic mass is 9.93. The molecule has 0 spiro atoms. The van der Waals surface area contributed by atoms with Gasteiger partial charge in [-0.25, -0.2) is 0 Å². The lowest BCUT2D eigenvalue weighted by Gasteiger charge is -2.35. The number of amides is 1. The second kappa shape index (κ2) is 4.15. The lowest BCUT2D eigenvalue weighted by molar-refractivity contribution is -0.145. The number of fused-ring (bicyclic) bond motifs is 1. The van der Waals surface area contributed by atoms with Crippen molar-refractivity contribution in [2.45, 2.75) is 32.0 Å². The summed E-state index contributed by atoms with van der Waals surface area (Å²) in [7, 11) is 0. The van der Waals surface area contributed by atoms with Crippen LogP contribution in [0.2, 0.25) is 0 Å². The molecule has 2 heterocycles. The molecular weight excluding hydrogens is 214 g/mol. The van der Waals surface area contributed by atoms with Gasteiger partial charge in [-0.15, -0.1) is 0 Å². The van der Waals surface area contributed by atoms with Crippen LogP contribution in [0.15, 0.2) is 30.3 Å². The Balaban J connectivity index is 1.90.